The maximum Gasteiger partial charge on any atom is 0.100 e. The molecule has 3 heteroatoms. The molecule has 1 aromatic heterocycles. The van der Waals surface area contributed by atoms with E-state index in [1.165, 1.54) is 5.56 Å². The van der Waals surface area contributed by atoms with Gasteiger partial charge in [0, 0.05) is 10.7 Å². The molecule has 1 heterocycles. The predicted molar refractivity (Wildman–Crippen MR) is 74.2 cm³/mol. The van der Waals surface area contributed by atoms with Crippen molar-refractivity contribution in [2.24, 2.45) is 5.92 Å². The Morgan fingerprint density at radius 2 is 1.94 bits per heavy atom. The molecule has 2 nitrogen and oxygen atoms in total. The number of benzene rings is 1. The molecule has 0 spiro atoms. The van der Waals surface area contributed by atoms with Gasteiger partial charge in [0.15, 0.2) is 0 Å². The van der Waals surface area contributed by atoms with E-state index < -0.39 is 6.10 Å². The third-order valence-electron chi connectivity index (χ3n) is 3.54. The summed E-state index contributed by atoms with van der Waals surface area (Å²) in [7, 11) is 0. The Morgan fingerprint density at radius 1 is 1.17 bits per heavy atom. The smallest absolute Gasteiger partial charge is 0.100 e. The summed E-state index contributed by atoms with van der Waals surface area (Å²) in [6, 6.07) is 14.2. The molecule has 3 unspecified atom stereocenters. The molecular weight excluding hydrogens is 290 g/mol. The minimum absolute atomic E-state index is 0.290. The van der Waals surface area contributed by atoms with Gasteiger partial charge in [-0.3, -0.25) is 4.98 Å². The number of pyridine rings is 1. The van der Waals surface area contributed by atoms with E-state index >= 15 is 0 Å². The van der Waals surface area contributed by atoms with Crippen LogP contribution in [0.2, 0.25) is 0 Å². The number of nitrogens with zero attached hydrogens (tertiary/aromatic N) is 1. The lowest BCUT2D eigenvalue weighted by molar-refractivity contribution is 0.146. The molecule has 3 rings (SSSR count). The second-order valence-corrected chi connectivity index (χ2v) is 5.59. The van der Waals surface area contributed by atoms with Crippen molar-refractivity contribution in [3.63, 3.8) is 0 Å². The molecule has 1 aliphatic carbocycles. The van der Waals surface area contributed by atoms with Gasteiger partial charge in [0.05, 0.1) is 5.69 Å². The minimum Gasteiger partial charge on any atom is -0.386 e. The van der Waals surface area contributed by atoms with Crippen molar-refractivity contribution in [3.05, 3.63) is 64.4 Å². The Bertz CT molecular complexity index is 543. The van der Waals surface area contributed by atoms with Crippen LogP contribution in [0.4, 0.5) is 0 Å². The maximum atomic E-state index is 10.4. The SMILES string of the molecule is OC(c1ncccc1Br)C1CC1c1ccccc1. The normalized spacial score (nSPS) is 23.7. The fourth-order valence-electron chi connectivity index (χ4n) is 2.47. The quantitative estimate of drug-likeness (QED) is 0.938. The molecule has 1 aliphatic rings. The molecular formula is C15H14BrNO. The number of aromatic nitrogens is 1. The molecule has 92 valence electrons. The fraction of sp³-hybridized carbons (Fsp3) is 0.267. The fourth-order valence-corrected chi connectivity index (χ4v) is 2.95. The minimum atomic E-state index is -0.481. The summed E-state index contributed by atoms with van der Waals surface area (Å²) < 4.78 is 0.885. The van der Waals surface area contributed by atoms with Crippen molar-refractivity contribution in [1.82, 2.24) is 4.98 Å². The van der Waals surface area contributed by atoms with Crippen molar-refractivity contribution in [1.29, 1.82) is 0 Å². The van der Waals surface area contributed by atoms with E-state index in [2.05, 4.69) is 33.0 Å². The Morgan fingerprint density at radius 3 is 2.67 bits per heavy atom. The molecule has 1 fully saturated rings. The van der Waals surface area contributed by atoms with E-state index in [-0.39, 0.29) is 0 Å². The van der Waals surface area contributed by atoms with E-state index in [9.17, 15) is 5.11 Å². The van der Waals surface area contributed by atoms with Crippen LogP contribution >= 0.6 is 15.9 Å². The largest absolute Gasteiger partial charge is 0.386 e. The summed E-state index contributed by atoms with van der Waals surface area (Å²) >= 11 is 3.45. The number of rotatable bonds is 3. The summed E-state index contributed by atoms with van der Waals surface area (Å²) in [5, 5.41) is 10.4. The molecule has 1 aromatic carbocycles. The maximum absolute atomic E-state index is 10.4. The van der Waals surface area contributed by atoms with Crippen molar-refractivity contribution in [2.75, 3.05) is 0 Å². The third kappa shape index (κ3) is 2.20. The second kappa shape index (κ2) is 4.82. The Balaban J connectivity index is 1.77. The topological polar surface area (TPSA) is 33.1 Å². The molecule has 0 aliphatic heterocycles. The van der Waals surface area contributed by atoms with E-state index in [0.29, 0.717) is 11.8 Å². The van der Waals surface area contributed by atoms with Gasteiger partial charge in [0.25, 0.3) is 0 Å². The first-order valence-corrected chi connectivity index (χ1v) is 6.90. The van der Waals surface area contributed by atoms with Crippen molar-refractivity contribution in [3.8, 4) is 0 Å². The molecule has 0 amide bonds. The molecule has 0 bridgehead atoms. The van der Waals surface area contributed by atoms with Crippen LogP contribution < -0.4 is 0 Å². The zero-order valence-corrected chi connectivity index (χ0v) is 11.4. The van der Waals surface area contributed by atoms with Gasteiger partial charge in [-0.1, -0.05) is 30.3 Å². The van der Waals surface area contributed by atoms with Gasteiger partial charge in [-0.15, -0.1) is 0 Å². The first-order valence-electron chi connectivity index (χ1n) is 6.11. The number of halogens is 1. The van der Waals surface area contributed by atoms with E-state index in [1.54, 1.807) is 6.20 Å². The number of hydrogen-bond donors (Lipinski definition) is 1. The van der Waals surface area contributed by atoms with Gasteiger partial charge in [0.2, 0.25) is 0 Å². The van der Waals surface area contributed by atoms with Crippen LogP contribution in [0.1, 0.15) is 29.7 Å². The highest BCUT2D eigenvalue weighted by Crippen LogP contribution is 2.54. The summed E-state index contributed by atoms with van der Waals surface area (Å²) in [4.78, 5) is 4.27. The van der Waals surface area contributed by atoms with Crippen LogP contribution in [0.15, 0.2) is 53.1 Å². The highest BCUT2D eigenvalue weighted by molar-refractivity contribution is 9.10. The van der Waals surface area contributed by atoms with Crippen LogP contribution in [-0.2, 0) is 0 Å². The van der Waals surface area contributed by atoms with E-state index in [4.69, 9.17) is 0 Å². The highest BCUT2D eigenvalue weighted by atomic mass is 79.9. The van der Waals surface area contributed by atoms with Gasteiger partial charge >= 0.3 is 0 Å². The van der Waals surface area contributed by atoms with Gasteiger partial charge in [-0.2, -0.15) is 0 Å². The lowest BCUT2D eigenvalue weighted by Gasteiger charge is -2.11. The summed E-state index contributed by atoms with van der Waals surface area (Å²) in [5.41, 5.74) is 2.06. The van der Waals surface area contributed by atoms with Gasteiger partial charge in [-0.05, 0) is 51.9 Å². The van der Waals surface area contributed by atoms with Crippen LogP contribution in [0.5, 0.6) is 0 Å². The molecule has 0 radical (unpaired) electrons. The summed E-state index contributed by atoms with van der Waals surface area (Å²) in [6.45, 7) is 0. The van der Waals surface area contributed by atoms with Gasteiger partial charge in [-0.25, -0.2) is 0 Å². The zero-order chi connectivity index (χ0) is 12.5. The molecule has 0 saturated heterocycles. The van der Waals surface area contributed by atoms with Crippen LogP contribution in [0.25, 0.3) is 0 Å². The monoisotopic (exact) mass is 303 g/mol. The van der Waals surface area contributed by atoms with Crippen molar-refractivity contribution in [2.45, 2.75) is 18.4 Å². The second-order valence-electron chi connectivity index (χ2n) is 4.73. The molecule has 18 heavy (non-hydrogen) atoms. The van der Waals surface area contributed by atoms with E-state index in [0.717, 1.165) is 16.6 Å². The van der Waals surface area contributed by atoms with Crippen LogP contribution in [-0.4, -0.2) is 10.1 Å². The Labute approximate surface area is 115 Å². The standard InChI is InChI=1S/C15H14BrNO/c16-13-7-4-8-17-14(13)15(18)12-9-11(12)10-5-2-1-3-6-10/h1-8,11-12,15,18H,9H2. The van der Waals surface area contributed by atoms with E-state index in [1.807, 2.05) is 30.3 Å². The van der Waals surface area contributed by atoms with Crippen LogP contribution in [0.3, 0.4) is 0 Å². The Kier molecular flexibility index (Phi) is 3.18. The predicted octanol–water partition coefficient (Wildman–Crippen LogP) is 3.68. The highest BCUT2D eigenvalue weighted by Gasteiger charge is 2.44. The lowest BCUT2D eigenvalue weighted by atomic mass is 10.0. The van der Waals surface area contributed by atoms with Crippen molar-refractivity contribution < 1.29 is 5.11 Å². The first-order chi connectivity index (χ1) is 8.77. The summed E-state index contributed by atoms with van der Waals surface area (Å²) in [5.74, 6) is 0.758. The number of aliphatic hydroxyl groups excluding tert-OH is 1. The molecule has 3 atom stereocenters. The van der Waals surface area contributed by atoms with Gasteiger partial charge in [0.1, 0.15) is 6.10 Å². The summed E-state index contributed by atoms with van der Waals surface area (Å²) in [6.07, 6.45) is 2.28. The van der Waals surface area contributed by atoms with Crippen LogP contribution in [0, 0.1) is 5.92 Å². The average Bonchev–Trinajstić information content (AvgIpc) is 3.20. The third-order valence-corrected chi connectivity index (χ3v) is 4.21. The molecule has 1 N–H and O–H groups in total. The molecule has 2 aromatic rings. The number of aliphatic hydroxyl groups is 1. The number of hydrogen-bond acceptors (Lipinski definition) is 2. The zero-order valence-electron chi connectivity index (χ0n) is 9.83. The average molecular weight is 304 g/mol. The Hall–Kier alpha value is -1.19. The lowest BCUT2D eigenvalue weighted by Crippen LogP contribution is -2.04. The van der Waals surface area contributed by atoms with Crippen molar-refractivity contribution >= 4 is 15.9 Å². The van der Waals surface area contributed by atoms with Gasteiger partial charge < -0.3 is 5.11 Å². The first kappa shape index (κ1) is 11.9. The molecule has 1 saturated carbocycles.